The van der Waals surface area contributed by atoms with Crippen LogP contribution in [0.2, 0.25) is 0 Å². The van der Waals surface area contributed by atoms with Crippen molar-refractivity contribution in [1.82, 2.24) is 9.88 Å². The second-order valence-electron chi connectivity index (χ2n) is 6.18. The summed E-state index contributed by atoms with van der Waals surface area (Å²) in [6, 6.07) is 5.60. The second-order valence-corrected chi connectivity index (χ2v) is 7.90. The largest absolute Gasteiger partial charge is 0.444 e. The highest BCUT2D eigenvalue weighted by Gasteiger charge is 2.32. The van der Waals surface area contributed by atoms with E-state index in [2.05, 4.69) is 4.98 Å². The summed E-state index contributed by atoms with van der Waals surface area (Å²) in [5, 5.41) is -0.000440. The molecule has 0 saturated carbocycles. The van der Waals surface area contributed by atoms with Crippen molar-refractivity contribution >= 4 is 16.9 Å². The molecule has 0 aliphatic carbocycles. The number of aromatic nitrogens is 1. The minimum atomic E-state index is -1.02. The number of pyridine rings is 1. The SMILES string of the molecule is CC(C)(C)OC(=O)N1CC[C@@H]([S@@](=O)Cc2ccccn2)C1. The van der Waals surface area contributed by atoms with Gasteiger partial charge in [0.1, 0.15) is 5.60 Å². The number of carbonyl (C=O) groups is 1. The molecular weight excluding hydrogens is 288 g/mol. The smallest absolute Gasteiger partial charge is 0.410 e. The lowest BCUT2D eigenvalue weighted by molar-refractivity contribution is 0.0295. The van der Waals surface area contributed by atoms with Crippen LogP contribution in [0.1, 0.15) is 32.9 Å². The molecule has 1 aromatic rings. The minimum Gasteiger partial charge on any atom is -0.444 e. The average molecular weight is 310 g/mol. The Balaban J connectivity index is 1.87. The standard InChI is InChI=1S/C15H22N2O3S/c1-15(2,3)20-14(18)17-9-7-13(10-17)21(19)11-12-6-4-5-8-16-12/h4-6,8,13H,7,9-11H2,1-3H3/t13-,21+/m1/s1. The number of hydrogen-bond acceptors (Lipinski definition) is 4. The highest BCUT2D eigenvalue weighted by Crippen LogP contribution is 2.20. The molecule has 0 aromatic carbocycles. The molecule has 2 atom stereocenters. The van der Waals surface area contributed by atoms with Crippen LogP contribution in [0, 0.1) is 0 Å². The van der Waals surface area contributed by atoms with E-state index in [1.54, 1.807) is 11.1 Å². The van der Waals surface area contributed by atoms with E-state index in [4.69, 9.17) is 4.74 Å². The lowest BCUT2D eigenvalue weighted by Gasteiger charge is -2.24. The molecule has 0 N–H and O–H groups in total. The normalized spacial score (nSPS) is 20.3. The third kappa shape index (κ3) is 4.81. The summed E-state index contributed by atoms with van der Waals surface area (Å²) in [4.78, 5) is 17.8. The molecule has 0 radical (unpaired) electrons. The van der Waals surface area contributed by atoms with Crippen LogP contribution < -0.4 is 0 Å². The van der Waals surface area contributed by atoms with Crippen LogP contribution >= 0.6 is 0 Å². The highest BCUT2D eigenvalue weighted by molar-refractivity contribution is 7.84. The second kappa shape index (κ2) is 6.56. The van der Waals surface area contributed by atoms with Crippen molar-refractivity contribution in [1.29, 1.82) is 0 Å². The Morgan fingerprint density at radius 1 is 1.48 bits per heavy atom. The quantitative estimate of drug-likeness (QED) is 0.860. The molecule has 0 spiro atoms. The van der Waals surface area contributed by atoms with E-state index in [1.807, 2.05) is 39.0 Å². The maximum atomic E-state index is 12.4. The monoisotopic (exact) mass is 310 g/mol. The Labute approximate surface area is 128 Å². The van der Waals surface area contributed by atoms with Gasteiger partial charge in [-0.05, 0) is 39.3 Å². The summed E-state index contributed by atoms with van der Waals surface area (Å²) in [6.07, 6.45) is 2.13. The number of nitrogens with zero attached hydrogens (tertiary/aromatic N) is 2. The zero-order chi connectivity index (χ0) is 15.5. The number of amides is 1. The van der Waals surface area contributed by atoms with Gasteiger partial charge in [0.25, 0.3) is 0 Å². The molecule has 1 aliphatic rings. The van der Waals surface area contributed by atoms with Gasteiger partial charge in [0.15, 0.2) is 0 Å². The molecule has 116 valence electrons. The van der Waals surface area contributed by atoms with E-state index in [1.165, 1.54) is 0 Å². The Morgan fingerprint density at radius 2 is 2.24 bits per heavy atom. The number of hydrogen-bond donors (Lipinski definition) is 0. The molecular formula is C15H22N2O3S. The molecule has 1 saturated heterocycles. The first-order chi connectivity index (χ1) is 9.85. The van der Waals surface area contributed by atoms with Gasteiger partial charge in [-0.15, -0.1) is 0 Å². The van der Waals surface area contributed by atoms with Crippen LogP contribution in [0.4, 0.5) is 4.79 Å². The fraction of sp³-hybridized carbons (Fsp3) is 0.600. The van der Waals surface area contributed by atoms with Gasteiger partial charge in [-0.25, -0.2) is 4.79 Å². The highest BCUT2D eigenvalue weighted by atomic mass is 32.2. The minimum absolute atomic E-state index is 0.000440. The lowest BCUT2D eigenvalue weighted by Crippen LogP contribution is -2.36. The van der Waals surface area contributed by atoms with Crippen molar-refractivity contribution in [3.8, 4) is 0 Å². The molecule has 2 rings (SSSR count). The van der Waals surface area contributed by atoms with E-state index in [-0.39, 0.29) is 11.3 Å². The molecule has 1 fully saturated rings. The van der Waals surface area contributed by atoms with E-state index in [0.29, 0.717) is 18.8 Å². The first-order valence-electron chi connectivity index (χ1n) is 7.10. The van der Waals surface area contributed by atoms with E-state index in [9.17, 15) is 9.00 Å². The summed E-state index contributed by atoms with van der Waals surface area (Å²) in [6.45, 7) is 6.63. The average Bonchev–Trinajstić information content (AvgIpc) is 2.87. The zero-order valence-corrected chi connectivity index (χ0v) is 13.6. The molecule has 1 amide bonds. The van der Waals surface area contributed by atoms with Gasteiger partial charge in [0, 0.05) is 30.1 Å². The first kappa shape index (κ1) is 15.9. The lowest BCUT2D eigenvalue weighted by atomic mass is 10.2. The molecule has 1 aliphatic heterocycles. The summed E-state index contributed by atoms with van der Waals surface area (Å²) in [5.74, 6) is 0.438. The maximum Gasteiger partial charge on any atom is 0.410 e. The molecule has 5 nitrogen and oxygen atoms in total. The molecule has 21 heavy (non-hydrogen) atoms. The van der Waals surface area contributed by atoms with Gasteiger partial charge in [0.05, 0.1) is 16.7 Å². The topological polar surface area (TPSA) is 59.5 Å². The predicted octanol–water partition coefficient (Wildman–Crippen LogP) is 2.34. The van der Waals surface area contributed by atoms with Crippen molar-refractivity contribution in [2.24, 2.45) is 0 Å². The molecule has 0 unspecified atom stereocenters. The summed E-state index contributed by atoms with van der Waals surface area (Å²) >= 11 is 0. The van der Waals surface area contributed by atoms with E-state index in [0.717, 1.165) is 12.1 Å². The van der Waals surface area contributed by atoms with Crippen molar-refractivity contribution in [3.05, 3.63) is 30.1 Å². The molecule has 1 aromatic heterocycles. The van der Waals surface area contributed by atoms with Crippen LogP contribution in [0.25, 0.3) is 0 Å². The van der Waals surface area contributed by atoms with Crippen molar-refractivity contribution in [2.45, 2.75) is 43.8 Å². The van der Waals surface area contributed by atoms with Crippen molar-refractivity contribution in [2.75, 3.05) is 13.1 Å². The Hall–Kier alpha value is -1.43. The maximum absolute atomic E-state index is 12.4. The van der Waals surface area contributed by atoms with Gasteiger partial charge < -0.3 is 9.64 Å². The fourth-order valence-electron chi connectivity index (χ4n) is 2.18. The zero-order valence-electron chi connectivity index (χ0n) is 12.7. The van der Waals surface area contributed by atoms with Gasteiger partial charge >= 0.3 is 6.09 Å². The van der Waals surface area contributed by atoms with Gasteiger partial charge in [-0.2, -0.15) is 0 Å². The Bertz CT molecular complexity index is 513. The third-order valence-corrected chi connectivity index (χ3v) is 4.89. The molecule has 6 heteroatoms. The fourth-order valence-corrected chi connectivity index (χ4v) is 3.59. The van der Waals surface area contributed by atoms with Crippen molar-refractivity contribution in [3.63, 3.8) is 0 Å². The van der Waals surface area contributed by atoms with Gasteiger partial charge in [-0.1, -0.05) is 6.07 Å². The van der Waals surface area contributed by atoms with E-state index >= 15 is 0 Å². The summed E-state index contributed by atoms with van der Waals surface area (Å²) in [7, 11) is -1.02. The number of likely N-dealkylation sites (tertiary alicyclic amines) is 1. The van der Waals surface area contributed by atoms with Gasteiger partial charge in [-0.3, -0.25) is 9.19 Å². The molecule has 2 heterocycles. The summed E-state index contributed by atoms with van der Waals surface area (Å²) in [5.41, 5.74) is 0.328. The van der Waals surface area contributed by atoms with Crippen LogP contribution in [-0.4, -0.2) is 44.1 Å². The Morgan fingerprint density at radius 3 is 2.86 bits per heavy atom. The van der Waals surface area contributed by atoms with Crippen LogP contribution in [-0.2, 0) is 21.3 Å². The number of ether oxygens (including phenoxy) is 1. The van der Waals surface area contributed by atoms with Crippen molar-refractivity contribution < 1.29 is 13.7 Å². The number of rotatable bonds is 3. The predicted molar refractivity (Wildman–Crippen MR) is 82.3 cm³/mol. The Kier molecular flexibility index (Phi) is 4.98. The van der Waals surface area contributed by atoms with Crippen LogP contribution in [0.15, 0.2) is 24.4 Å². The van der Waals surface area contributed by atoms with E-state index < -0.39 is 16.4 Å². The van der Waals surface area contributed by atoms with Crippen LogP contribution in [0.3, 0.4) is 0 Å². The first-order valence-corrected chi connectivity index (χ1v) is 8.48. The van der Waals surface area contributed by atoms with Crippen LogP contribution in [0.5, 0.6) is 0 Å². The van der Waals surface area contributed by atoms with Gasteiger partial charge in [0.2, 0.25) is 0 Å². The summed E-state index contributed by atoms with van der Waals surface area (Å²) < 4.78 is 17.7. The number of carbonyl (C=O) groups excluding carboxylic acids is 1. The molecule has 0 bridgehead atoms. The third-order valence-electron chi connectivity index (χ3n) is 3.18.